The van der Waals surface area contributed by atoms with Gasteiger partial charge in [-0.3, -0.25) is 4.79 Å². The fourth-order valence-corrected chi connectivity index (χ4v) is 5.44. The smallest absolute Gasteiger partial charge is 0.241 e. The van der Waals surface area contributed by atoms with E-state index in [1.54, 1.807) is 23.2 Å². The van der Waals surface area contributed by atoms with Gasteiger partial charge in [0.05, 0.1) is 4.34 Å². The molecule has 1 aliphatic heterocycles. The van der Waals surface area contributed by atoms with Gasteiger partial charge in [-0.1, -0.05) is 23.7 Å². The van der Waals surface area contributed by atoms with E-state index >= 15 is 0 Å². The third-order valence-corrected chi connectivity index (χ3v) is 7.15. The van der Waals surface area contributed by atoms with E-state index in [0.29, 0.717) is 29.7 Å². The number of hydrogen-bond donors (Lipinski definition) is 2. The van der Waals surface area contributed by atoms with E-state index in [4.69, 9.17) is 17.3 Å². The zero-order chi connectivity index (χ0) is 21.3. The predicted octanol–water partition coefficient (Wildman–Crippen LogP) is 3.22. The molecule has 7 nitrogen and oxygen atoms in total. The number of likely N-dealkylation sites (tertiary alicyclic amines) is 1. The Bertz CT molecular complexity index is 1240. The second-order valence-electron chi connectivity index (χ2n) is 6.96. The van der Waals surface area contributed by atoms with Crippen molar-refractivity contribution >= 4 is 61.5 Å². The first-order valence-corrected chi connectivity index (χ1v) is 11.9. The molecule has 1 aliphatic rings. The van der Waals surface area contributed by atoms with Crippen LogP contribution < -0.4 is 10.5 Å². The van der Waals surface area contributed by atoms with Crippen molar-refractivity contribution in [1.82, 2.24) is 14.6 Å². The highest BCUT2D eigenvalue weighted by Crippen LogP contribution is 2.24. The number of hydrogen-bond acceptors (Lipinski definition) is 6. The number of nitrogens with zero attached hydrogens (tertiary/aromatic N) is 2. The lowest BCUT2D eigenvalue weighted by molar-refractivity contribution is -0.129. The lowest BCUT2D eigenvalue weighted by atomic mass is 10.1. The lowest BCUT2D eigenvalue weighted by Gasteiger charge is -2.17. The van der Waals surface area contributed by atoms with Crippen molar-refractivity contribution in [2.75, 3.05) is 12.3 Å². The van der Waals surface area contributed by atoms with E-state index < -0.39 is 16.1 Å². The molecule has 1 saturated heterocycles. The number of nitrogens with two attached hydrogens (primary N) is 1. The molecule has 3 heterocycles. The van der Waals surface area contributed by atoms with Gasteiger partial charge in [-0.2, -0.15) is 4.72 Å². The number of nitrogens with one attached hydrogen (secondary N) is 1. The van der Waals surface area contributed by atoms with Gasteiger partial charge >= 0.3 is 0 Å². The van der Waals surface area contributed by atoms with Crippen molar-refractivity contribution in [3.63, 3.8) is 0 Å². The number of rotatable bonds is 6. The van der Waals surface area contributed by atoms with E-state index in [1.165, 1.54) is 17.4 Å². The highest BCUT2D eigenvalue weighted by atomic mass is 35.5. The Labute approximate surface area is 183 Å². The van der Waals surface area contributed by atoms with Crippen molar-refractivity contribution in [3.05, 3.63) is 62.8 Å². The van der Waals surface area contributed by atoms with Crippen LogP contribution in [0, 0.1) is 0 Å². The molecule has 3 aromatic rings. The number of carbonyl (C=O) groups is 1. The lowest BCUT2D eigenvalue weighted by Crippen LogP contribution is -2.40. The van der Waals surface area contributed by atoms with Crippen molar-refractivity contribution < 1.29 is 13.2 Å². The first-order chi connectivity index (χ1) is 14.3. The molecule has 0 bridgehead atoms. The van der Waals surface area contributed by atoms with E-state index in [0.717, 1.165) is 26.6 Å². The predicted molar refractivity (Wildman–Crippen MR) is 120 cm³/mol. The average molecular weight is 463 g/mol. The zero-order valence-corrected chi connectivity index (χ0v) is 18.2. The van der Waals surface area contributed by atoms with Crippen LogP contribution >= 0.6 is 22.9 Å². The highest BCUT2D eigenvalue weighted by molar-refractivity contribution is 7.92. The first kappa shape index (κ1) is 20.8. The van der Waals surface area contributed by atoms with Gasteiger partial charge in [-0.25, -0.2) is 13.4 Å². The number of pyridine rings is 1. The minimum absolute atomic E-state index is 0.245. The Balaban J connectivity index is 1.42. The van der Waals surface area contributed by atoms with Crippen LogP contribution in [0.15, 0.2) is 48.0 Å². The Kier molecular flexibility index (Phi) is 5.79. The standard InChI is InChI=1S/C20H19ClN4O3S2/c21-18-4-3-15(29-18)7-10-30(27,28)24-17-6-9-25(20(17)26)12-13-1-2-14-5-8-23-19(22)16(14)11-13/h1-5,7-8,10-11,17,24H,6,9,12H2,(H2,22,23)/t17-/m0/s1. The van der Waals surface area contributed by atoms with Crippen LogP contribution in [-0.2, 0) is 21.4 Å². The van der Waals surface area contributed by atoms with Crippen LogP contribution in [0.1, 0.15) is 16.9 Å². The van der Waals surface area contributed by atoms with Crippen molar-refractivity contribution in [2.24, 2.45) is 0 Å². The molecule has 30 heavy (non-hydrogen) atoms. The Morgan fingerprint density at radius 1 is 1.30 bits per heavy atom. The normalized spacial score (nSPS) is 17.4. The molecule has 1 aromatic carbocycles. The molecular weight excluding hydrogens is 444 g/mol. The summed E-state index contributed by atoms with van der Waals surface area (Å²) in [6.07, 6.45) is 3.52. The molecule has 2 aromatic heterocycles. The summed E-state index contributed by atoms with van der Waals surface area (Å²) in [4.78, 5) is 19.2. The van der Waals surface area contributed by atoms with Gasteiger partial charge in [0.1, 0.15) is 11.9 Å². The number of aromatic nitrogens is 1. The molecule has 0 aliphatic carbocycles. The van der Waals surface area contributed by atoms with Gasteiger partial charge in [-0.15, -0.1) is 11.3 Å². The molecule has 1 amide bonds. The summed E-state index contributed by atoms with van der Waals surface area (Å²) in [5.74, 6) is 0.192. The van der Waals surface area contributed by atoms with Crippen LogP contribution in [0.4, 0.5) is 5.82 Å². The Morgan fingerprint density at radius 3 is 2.90 bits per heavy atom. The number of halogens is 1. The van der Waals surface area contributed by atoms with Gasteiger partial charge in [0, 0.05) is 35.0 Å². The van der Waals surface area contributed by atoms with Crippen LogP contribution in [0.2, 0.25) is 4.34 Å². The maximum atomic E-state index is 12.7. The first-order valence-electron chi connectivity index (χ1n) is 9.18. The molecule has 3 N–H and O–H groups in total. The number of fused-ring (bicyclic) bond motifs is 1. The van der Waals surface area contributed by atoms with Crippen molar-refractivity contribution in [1.29, 1.82) is 0 Å². The summed E-state index contributed by atoms with van der Waals surface area (Å²) >= 11 is 7.12. The third-order valence-electron chi connectivity index (χ3n) is 4.84. The van der Waals surface area contributed by atoms with Gasteiger partial charge in [-0.05, 0) is 47.7 Å². The second-order valence-corrected chi connectivity index (χ2v) is 10.3. The van der Waals surface area contributed by atoms with Crippen LogP contribution in [0.25, 0.3) is 16.8 Å². The summed E-state index contributed by atoms with van der Waals surface area (Å²) in [5, 5.41) is 2.87. The molecule has 0 spiro atoms. The molecule has 0 unspecified atom stereocenters. The molecule has 0 saturated carbocycles. The molecule has 0 radical (unpaired) electrons. The van der Waals surface area contributed by atoms with E-state index in [1.807, 2.05) is 24.3 Å². The van der Waals surface area contributed by atoms with Gasteiger partial charge < -0.3 is 10.6 Å². The summed E-state index contributed by atoms with van der Waals surface area (Å²) in [6.45, 7) is 0.849. The quantitative estimate of drug-likeness (QED) is 0.585. The fourth-order valence-electron chi connectivity index (χ4n) is 3.37. The maximum absolute atomic E-state index is 12.7. The number of anilines is 1. The SMILES string of the molecule is Nc1nccc2ccc(CN3CC[C@H](NS(=O)(=O)C=Cc4ccc(Cl)s4)C3=O)cc12. The summed E-state index contributed by atoms with van der Waals surface area (Å²) < 4.78 is 27.7. The van der Waals surface area contributed by atoms with Crippen LogP contribution in [0.3, 0.4) is 0 Å². The molecular formula is C20H19ClN4O3S2. The maximum Gasteiger partial charge on any atom is 0.241 e. The number of benzene rings is 1. The molecule has 1 atom stereocenters. The third kappa shape index (κ3) is 4.65. The van der Waals surface area contributed by atoms with Gasteiger partial charge in [0.25, 0.3) is 0 Å². The van der Waals surface area contributed by atoms with Crippen LogP contribution in [-0.4, -0.2) is 36.8 Å². The van der Waals surface area contributed by atoms with Crippen molar-refractivity contribution in [3.8, 4) is 0 Å². The number of amides is 1. The van der Waals surface area contributed by atoms with Crippen molar-refractivity contribution in [2.45, 2.75) is 19.0 Å². The number of sulfonamides is 1. The molecule has 156 valence electrons. The number of carbonyl (C=O) groups excluding carboxylic acids is 1. The van der Waals surface area contributed by atoms with Gasteiger partial charge in [0.15, 0.2) is 0 Å². The minimum Gasteiger partial charge on any atom is -0.383 e. The number of thiophene rings is 1. The summed E-state index contributed by atoms with van der Waals surface area (Å²) in [7, 11) is -3.76. The molecule has 1 fully saturated rings. The minimum atomic E-state index is -3.76. The number of nitrogen functional groups attached to an aromatic ring is 1. The highest BCUT2D eigenvalue weighted by Gasteiger charge is 2.33. The van der Waals surface area contributed by atoms with E-state index in [-0.39, 0.29) is 5.91 Å². The monoisotopic (exact) mass is 462 g/mol. The van der Waals surface area contributed by atoms with E-state index in [9.17, 15) is 13.2 Å². The largest absolute Gasteiger partial charge is 0.383 e. The topological polar surface area (TPSA) is 105 Å². The average Bonchev–Trinajstić information content (AvgIpc) is 3.27. The van der Waals surface area contributed by atoms with Gasteiger partial charge in [0.2, 0.25) is 15.9 Å². The Hall–Kier alpha value is -2.46. The van der Waals surface area contributed by atoms with Crippen LogP contribution in [0.5, 0.6) is 0 Å². The fraction of sp³-hybridized carbons (Fsp3) is 0.200. The summed E-state index contributed by atoms with van der Waals surface area (Å²) in [5.41, 5.74) is 6.85. The Morgan fingerprint density at radius 2 is 2.13 bits per heavy atom. The molecule has 10 heteroatoms. The second kappa shape index (κ2) is 8.35. The molecule has 4 rings (SSSR count). The summed E-state index contributed by atoms with van der Waals surface area (Å²) in [6, 6.07) is 10.3. The van der Waals surface area contributed by atoms with E-state index in [2.05, 4.69) is 9.71 Å². The zero-order valence-electron chi connectivity index (χ0n) is 15.8.